The second kappa shape index (κ2) is 8.45. The molecule has 158 valence electrons. The monoisotopic (exact) mass is 446 g/mol. The summed E-state index contributed by atoms with van der Waals surface area (Å²) in [5.41, 5.74) is 13.3. The van der Waals surface area contributed by atoms with E-state index in [-0.39, 0.29) is 8.55 Å². The van der Waals surface area contributed by atoms with E-state index >= 15 is 0 Å². The van der Waals surface area contributed by atoms with Crippen molar-refractivity contribution in [1.82, 2.24) is 0 Å². The van der Waals surface area contributed by atoms with E-state index in [4.69, 9.17) is 0 Å². The molecule has 0 aliphatic heterocycles. The summed E-state index contributed by atoms with van der Waals surface area (Å²) in [7, 11) is -0.961. The van der Waals surface area contributed by atoms with Gasteiger partial charge < -0.3 is 0 Å². The van der Waals surface area contributed by atoms with Gasteiger partial charge >= 0.3 is 0 Å². The SMILES string of the molecule is Cc1cc(C)c([Si]([SiH2][SiH3])(c2c(C)cc(C)cc2C)c2c(C)cc(C)cc2C)c(C)c1. The Labute approximate surface area is 190 Å². The van der Waals surface area contributed by atoms with Crippen LogP contribution >= 0.6 is 0 Å². The molecule has 3 aromatic rings. The normalized spacial score (nSPS) is 12.3. The van der Waals surface area contributed by atoms with E-state index in [1.54, 1.807) is 15.6 Å². The van der Waals surface area contributed by atoms with Crippen LogP contribution < -0.4 is 15.6 Å². The molecule has 0 atom stereocenters. The van der Waals surface area contributed by atoms with Gasteiger partial charge in [-0.2, -0.15) is 0 Å². The van der Waals surface area contributed by atoms with Gasteiger partial charge in [-0.15, -0.1) is 0 Å². The quantitative estimate of drug-likeness (QED) is 0.427. The number of benzene rings is 3. The molecular weight excluding hydrogens is 409 g/mol. The molecular formula is C27H38Si3. The predicted molar refractivity (Wildman–Crippen MR) is 145 cm³/mol. The maximum Gasteiger partial charge on any atom is 0.131 e. The molecule has 0 radical (unpaired) electrons. The Kier molecular flexibility index (Phi) is 6.47. The Balaban J connectivity index is 2.61. The van der Waals surface area contributed by atoms with Crippen molar-refractivity contribution in [3.05, 3.63) is 86.5 Å². The van der Waals surface area contributed by atoms with Crippen LogP contribution in [0, 0.1) is 62.3 Å². The molecule has 0 aliphatic rings. The zero-order valence-corrected chi connectivity index (χ0v) is 25.1. The minimum atomic E-state index is -2.03. The Bertz CT molecular complexity index is 916. The van der Waals surface area contributed by atoms with Gasteiger partial charge in [0.15, 0.2) is 0 Å². The lowest BCUT2D eigenvalue weighted by molar-refractivity contribution is 1.32. The summed E-state index contributed by atoms with van der Waals surface area (Å²) in [4.78, 5) is 0. The predicted octanol–water partition coefficient (Wildman–Crippen LogP) is 2.88. The Morgan fingerprint density at radius 1 is 0.467 bits per heavy atom. The van der Waals surface area contributed by atoms with Gasteiger partial charge in [-0.25, -0.2) is 0 Å². The summed E-state index contributed by atoms with van der Waals surface area (Å²) < 4.78 is 0. The van der Waals surface area contributed by atoms with Crippen LogP contribution in [-0.4, -0.2) is 25.9 Å². The highest BCUT2D eigenvalue weighted by atomic mass is 29.5. The summed E-state index contributed by atoms with van der Waals surface area (Å²) in [6.07, 6.45) is 0. The minimum absolute atomic E-state index is 0.261. The van der Waals surface area contributed by atoms with E-state index < -0.39 is 7.59 Å². The number of hydrogen-bond acceptors (Lipinski definition) is 0. The van der Waals surface area contributed by atoms with Crippen LogP contribution in [0.25, 0.3) is 0 Å². The molecule has 0 nitrogen and oxygen atoms in total. The first kappa shape index (κ1) is 23.0. The standard InChI is InChI=1S/C27H38Si3/c1-16-10-19(4)25(20(5)11-16)30(29-28,26-21(6)12-17(2)13-22(26)7)27-23(8)14-18(3)15-24(27)9/h10-15H,29H2,1-9,28H3. The minimum Gasteiger partial charge on any atom is -0.0565 e. The molecule has 0 unspecified atom stereocenters. The molecule has 0 fully saturated rings. The van der Waals surface area contributed by atoms with Crippen LogP contribution in [0.4, 0.5) is 0 Å². The van der Waals surface area contributed by atoms with Gasteiger partial charge in [-0.05, 0) is 87.6 Å². The summed E-state index contributed by atoms with van der Waals surface area (Å²) in [6.45, 7) is 21.0. The van der Waals surface area contributed by atoms with Gasteiger partial charge in [0.2, 0.25) is 0 Å². The summed E-state index contributed by atoms with van der Waals surface area (Å²) in [6, 6.07) is 14.6. The van der Waals surface area contributed by atoms with Crippen LogP contribution in [0.1, 0.15) is 50.1 Å². The molecule has 0 saturated carbocycles. The van der Waals surface area contributed by atoms with Crippen molar-refractivity contribution in [2.45, 2.75) is 62.3 Å². The first-order valence-corrected chi connectivity index (χ1v) is 21.3. The fraction of sp³-hybridized carbons (Fsp3) is 0.333. The summed E-state index contributed by atoms with van der Waals surface area (Å²) in [5, 5.41) is 5.17. The fourth-order valence-electron chi connectivity index (χ4n) is 6.46. The highest BCUT2D eigenvalue weighted by molar-refractivity contribution is 7.54. The molecule has 30 heavy (non-hydrogen) atoms. The lowest BCUT2D eigenvalue weighted by atomic mass is 10.1. The van der Waals surface area contributed by atoms with Gasteiger partial charge in [0, 0.05) is 8.55 Å². The van der Waals surface area contributed by atoms with Crippen molar-refractivity contribution in [2.75, 3.05) is 0 Å². The van der Waals surface area contributed by atoms with Gasteiger partial charge in [-0.1, -0.05) is 86.5 Å². The van der Waals surface area contributed by atoms with Crippen molar-refractivity contribution < 1.29 is 0 Å². The van der Waals surface area contributed by atoms with E-state index in [0.717, 1.165) is 0 Å². The van der Waals surface area contributed by atoms with Crippen LogP contribution in [0.3, 0.4) is 0 Å². The maximum atomic E-state index is 2.44. The molecule has 3 rings (SSSR count). The van der Waals surface area contributed by atoms with Crippen molar-refractivity contribution in [1.29, 1.82) is 0 Å². The Morgan fingerprint density at radius 3 is 0.833 bits per heavy atom. The Hall–Kier alpha value is -1.69. The third-order valence-corrected chi connectivity index (χ3v) is 28.7. The van der Waals surface area contributed by atoms with Gasteiger partial charge in [-0.3, -0.25) is 0 Å². The lowest BCUT2D eigenvalue weighted by Gasteiger charge is -2.40. The molecule has 0 aromatic heterocycles. The molecule has 3 heteroatoms. The third kappa shape index (κ3) is 3.72. The molecule has 0 heterocycles. The molecule has 0 N–H and O–H groups in total. The smallest absolute Gasteiger partial charge is 0.0565 e. The lowest BCUT2D eigenvalue weighted by Crippen LogP contribution is -2.75. The van der Waals surface area contributed by atoms with Gasteiger partial charge in [0.25, 0.3) is 0 Å². The van der Waals surface area contributed by atoms with E-state index in [1.165, 1.54) is 59.8 Å². The van der Waals surface area contributed by atoms with Crippen molar-refractivity contribution in [3.8, 4) is 0 Å². The second-order valence-corrected chi connectivity index (χ2v) is 25.3. The molecule has 0 aliphatic carbocycles. The average molecular weight is 447 g/mol. The zero-order valence-electron chi connectivity index (χ0n) is 20.7. The second-order valence-electron chi connectivity index (χ2n) is 9.58. The van der Waals surface area contributed by atoms with Crippen molar-refractivity contribution in [2.24, 2.45) is 0 Å². The molecule has 0 bridgehead atoms. The van der Waals surface area contributed by atoms with E-state index in [9.17, 15) is 0 Å². The van der Waals surface area contributed by atoms with E-state index in [0.29, 0.717) is 0 Å². The highest BCUT2D eigenvalue weighted by Crippen LogP contribution is 2.21. The highest BCUT2D eigenvalue weighted by Gasteiger charge is 2.43. The van der Waals surface area contributed by atoms with E-state index in [1.807, 2.05) is 0 Å². The first-order chi connectivity index (χ1) is 14.0. The number of rotatable bonds is 4. The zero-order chi connectivity index (χ0) is 22.4. The van der Waals surface area contributed by atoms with Crippen molar-refractivity contribution in [3.63, 3.8) is 0 Å². The fourth-order valence-corrected chi connectivity index (χ4v) is 30.5. The number of aryl methyl sites for hydroxylation is 9. The number of hydrogen-bond donors (Lipinski definition) is 0. The van der Waals surface area contributed by atoms with Crippen LogP contribution in [0.5, 0.6) is 0 Å². The molecule has 3 aromatic carbocycles. The van der Waals surface area contributed by atoms with E-state index in [2.05, 4.69) is 98.7 Å². The first-order valence-electron chi connectivity index (χ1n) is 11.3. The topological polar surface area (TPSA) is 0 Å². The maximum absolute atomic E-state index is 2.44. The molecule has 0 saturated heterocycles. The van der Waals surface area contributed by atoms with Crippen molar-refractivity contribution >= 4 is 41.5 Å². The molecule has 0 amide bonds. The Morgan fingerprint density at radius 2 is 0.667 bits per heavy atom. The molecule has 0 spiro atoms. The van der Waals surface area contributed by atoms with Crippen LogP contribution in [0.2, 0.25) is 0 Å². The summed E-state index contributed by atoms with van der Waals surface area (Å²) in [5.74, 6) is 0. The largest absolute Gasteiger partial charge is 0.131 e. The summed E-state index contributed by atoms with van der Waals surface area (Å²) >= 11 is 0. The third-order valence-electron chi connectivity index (χ3n) is 6.84. The van der Waals surface area contributed by atoms with Crippen LogP contribution in [0.15, 0.2) is 36.4 Å². The average Bonchev–Trinajstić information content (AvgIpc) is 2.58. The van der Waals surface area contributed by atoms with Crippen LogP contribution in [-0.2, 0) is 0 Å². The van der Waals surface area contributed by atoms with Gasteiger partial charge in [0.1, 0.15) is 7.59 Å². The van der Waals surface area contributed by atoms with Gasteiger partial charge in [0.05, 0.1) is 0 Å².